The lowest BCUT2D eigenvalue weighted by atomic mass is 10.3. The van der Waals surface area contributed by atoms with Gasteiger partial charge in [-0.05, 0) is 6.07 Å². The number of nitrogen functional groups attached to an aromatic ring is 1. The van der Waals surface area contributed by atoms with Gasteiger partial charge in [0.25, 0.3) is 0 Å². The van der Waals surface area contributed by atoms with Crippen LogP contribution in [0.1, 0.15) is 0 Å². The van der Waals surface area contributed by atoms with Crippen LogP contribution >= 0.6 is 11.6 Å². The van der Waals surface area contributed by atoms with Crippen LogP contribution in [0.15, 0.2) is 18.3 Å². The largest absolute Gasteiger partial charge is 0.382 e. The van der Waals surface area contributed by atoms with Crippen molar-refractivity contribution in [2.24, 2.45) is 0 Å². The highest BCUT2D eigenvalue weighted by Gasteiger charge is 2.02. The first-order valence-corrected chi connectivity index (χ1v) is 3.78. The molecule has 2 aromatic heterocycles. The normalized spacial score (nSPS) is 10.4. The summed E-state index contributed by atoms with van der Waals surface area (Å²) >= 11 is 5.72. The molecule has 0 saturated carbocycles. The first-order valence-electron chi connectivity index (χ1n) is 3.41. The van der Waals surface area contributed by atoms with Gasteiger partial charge in [0.2, 0.25) is 0 Å². The van der Waals surface area contributed by atoms with Gasteiger partial charge in [0, 0.05) is 12.3 Å². The molecule has 62 valence electrons. The summed E-state index contributed by atoms with van der Waals surface area (Å²) in [6, 6.07) is 3.54. The minimum absolute atomic E-state index is 0.468. The van der Waals surface area contributed by atoms with E-state index in [1.807, 2.05) is 0 Å². The molecule has 0 unspecified atom stereocenters. The van der Waals surface area contributed by atoms with E-state index in [1.54, 1.807) is 18.3 Å². The van der Waals surface area contributed by atoms with Crippen molar-refractivity contribution in [3.63, 3.8) is 0 Å². The number of nitrogens with two attached hydrogens (primary N) is 1. The van der Waals surface area contributed by atoms with Crippen molar-refractivity contribution in [3.8, 4) is 11.4 Å². The van der Waals surface area contributed by atoms with Crippen molar-refractivity contribution < 1.29 is 0 Å². The molecule has 0 bridgehead atoms. The Hall–Kier alpha value is -1.42. The highest BCUT2D eigenvalue weighted by Crippen LogP contribution is 2.20. The van der Waals surface area contributed by atoms with E-state index in [0.29, 0.717) is 10.8 Å². The number of hydrogen-bond acceptors (Lipinski definition) is 2. The minimum Gasteiger partial charge on any atom is -0.382 e. The number of halogens is 1. The van der Waals surface area contributed by atoms with Gasteiger partial charge in [-0.1, -0.05) is 11.6 Å². The van der Waals surface area contributed by atoms with Crippen LogP contribution in [0.2, 0.25) is 5.02 Å². The zero-order valence-electron chi connectivity index (χ0n) is 6.13. The van der Waals surface area contributed by atoms with Crippen LogP contribution < -0.4 is 5.73 Å². The molecule has 2 aromatic rings. The lowest BCUT2D eigenvalue weighted by molar-refractivity contribution is 1.10. The van der Waals surface area contributed by atoms with E-state index in [1.165, 1.54) is 0 Å². The minimum atomic E-state index is 0.468. The lowest BCUT2D eigenvalue weighted by Gasteiger charge is -1.87. The molecule has 2 rings (SSSR count). The number of nitrogens with zero attached hydrogens (tertiary/aromatic N) is 1. The molecule has 0 aliphatic carbocycles. The molecule has 2 heterocycles. The number of aromatic amines is 2. The van der Waals surface area contributed by atoms with Gasteiger partial charge < -0.3 is 10.7 Å². The predicted molar refractivity (Wildman–Crippen MR) is 47.8 cm³/mol. The molecule has 0 aliphatic heterocycles. The number of anilines is 1. The lowest BCUT2D eigenvalue weighted by Crippen LogP contribution is -1.81. The highest BCUT2D eigenvalue weighted by atomic mass is 35.5. The molecule has 0 aliphatic rings. The summed E-state index contributed by atoms with van der Waals surface area (Å²) in [5.74, 6) is 0.468. The maximum absolute atomic E-state index is 5.72. The van der Waals surface area contributed by atoms with Crippen LogP contribution in [-0.4, -0.2) is 15.2 Å². The smallest absolute Gasteiger partial charge is 0.145 e. The molecule has 0 aromatic carbocycles. The molecule has 0 spiro atoms. The summed E-state index contributed by atoms with van der Waals surface area (Å²) in [4.78, 5) is 2.98. The Morgan fingerprint density at radius 2 is 2.17 bits per heavy atom. The number of nitrogens with one attached hydrogen (secondary N) is 2. The molecule has 0 radical (unpaired) electrons. The van der Waals surface area contributed by atoms with Gasteiger partial charge in [-0.25, -0.2) is 0 Å². The predicted octanol–water partition coefficient (Wildman–Crippen LogP) is 1.64. The first-order chi connectivity index (χ1) is 5.75. The highest BCUT2D eigenvalue weighted by molar-refractivity contribution is 6.30. The third kappa shape index (κ3) is 1.16. The van der Waals surface area contributed by atoms with Crippen molar-refractivity contribution in [1.82, 2.24) is 15.2 Å². The molecule has 0 fully saturated rings. The average molecular weight is 183 g/mol. The summed E-state index contributed by atoms with van der Waals surface area (Å²) in [5, 5.41) is 7.23. The van der Waals surface area contributed by atoms with Crippen LogP contribution in [0, 0.1) is 0 Å². The average Bonchev–Trinajstić information content (AvgIpc) is 2.58. The van der Waals surface area contributed by atoms with Gasteiger partial charge in [0.15, 0.2) is 0 Å². The van der Waals surface area contributed by atoms with Crippen LogP contribution in [0.5, 0.6) is 0 Å². The summed E-state index contributed by atoms with van der Waals surface area (Å²) in [7, 11) is 0. The van der Waals surface area contributed by atoms with E-state index >= 15 is 0 Å². The Balaban J connectivity index is 2.43. The topological polar surface area (TPSA) is 70.5 Å². The van der Waals surface area contributed by atoms with Crippen molar-refractivity contribution in [3.05, 3.63) is 23.4 Å². The number of hydrogen-bond donors (Lipinski definition) is 3. The Bertz CT molecular complexity index is 351. The standard InChI is InChI=1S/C7H7ClN4/c8-4-1-5(10-3-4)6-2-7(9)12-11-6/h1-3,10H,(H3,9,11,12). The zero-order chi connectivity index (χ0) is 8.55. The Morgan fingerprint density at radius 3 is 2.67 bits per heavy atom. The second-order valence-electron chi connectivity index (χ2n) is 2.44. The quantitative estimate of drug-likeness (QED) is 0.628. The third-order valence-corrected chi connectivity index (χ3v) is 1.75. The first kappa shape index (κ1) is 7.24. The molecular formula is C7H7ClN4. The fraction of sp³-hybridized carbons (Fsp3) is 0. The van der Waals surface area contributed by atoms with E-state index in [-0.39, 0.29) is 0 Å². The molecule has 0 saturated heterocycles. The molecule has 5 heteroatoms. The summed E-state index contributed by atoms with van der Waals surface area (Å²) < 4.78 is 0. The van der Waals surface area contributed by atoms with E-state index in [0.717, 1.165) is 11.4 Å². The van der Waals surface area contributed by atoms with Gasteiger partial charge in [0.05, 0.1) is 16.4 Å². The molecule has 0 atom stereocenters. The molecule has 4 N–H and O–H groups in total. The Labute approximate surface area is 73.7 Å². The van der Waals surface area contributed by atoms with E-state index in [4.69, 9.17) is 17.3 Å². The third-order valence-electron chi connectivity index (χ3n) is 1.54. The fourth-order valence-corrected chi connectivity index (χ4v) is 1.16. The van der Waals surface area contributed by atoms with Gasteiger partial charge in [-0.3, -0.25) is 5.10 Å². The summed E-state index contributed by atoms with van der Waals surface area (Å²) in [6.07, 6.45) is 1.70. The molecule has 12 heavy (non-hydrogen) atoms. The van der Waals surface area contributed by atoms with Crippen molar-refractivity contribution >= 4 is 17.4 Å². The van der Waals surface area contributed by atoms with Gasteiger partial charge in [-0.15, -0.1) is 0 Å². The van der Waals surface area contributed by atoms with Crippen LogP contribution in [0.3, 0.4) is 0 Å². The number of H-pyrrole nitrogens is 2. The maximum Gasteiger partial charge on any atom is 0.145 e. The van der Waals surface area contributed by atoms with Gasteiger partial charge in [0.1, 0.15) is 5.82 Å². The van der Waals surface area contributed by atoms with E-state index in [2.05, 4.69) is 15.2 Å². The van der Waals surface area contributed by atoms with Crippen molar-refractivity contribution in [1.29, 1.82) is 0 Å². The second kappa shape index (κ2) is 2.57. The van der Waals surface area contributed by atoms with Crippen LogP contribution in [0.25, 0.3) is 11.4 Å². The summed E-state index contributed by atoms with van der Waals surface area (Å²) in [6.45, 7) is 0. The van der Waals surface area contributed by atoms with Gasteiger partial charge in [-0.2, -0.15) is 5.10 Å². The monoisotopic (exact) mass is 182 g/mol. The molecule has 4 nitrogen and oxygen atoms in total. The van der Waals surface area contributed by atoms with E-state index in [9.17, 15) is 0 Å². The number of rotatable bonds is 1. The Morgan fingerprint density at radius 1 is 1.33 bits per heavy atom. The molecular weight excluding hydrogens is 176 g/mol. The van der Waals surface area contributed by atoms with Crippen molar-refractivity contribution in [2.45, 2.75) is 0 Å². The Kier molecular flexibility index (Phi) is 1.55. The van der Waals surface area contributed by atoms with E-state index < -0.39 is 0 Å². The zero-order valence-corrected chi connectivity index (χ0v) is 6.89. The van der Waals surface area contributed by atoms with Gasteiger partial charge >= 0.3 is 0 Å². The number of aromatic nitrogens is 3. The maximum atomic E-state index is 5.72. The fourth-order valence-electron chi connectivity index (χ4n) is 0.999. The molecule has 0 amide bonds. The summed E-state index contributed by atoms with van der Waals surface area (Å²) in [5.41, 5.74) is 7.15. The SMILES string of the molecule is Nc1cc(-c2cc(Cl)c[nH]2)[nH]n1. The van der Waals surface area contributed by atoms with Crippen LogP contribution in [0.4, 0.5) is 5.82 Å². The second-order valence-corrected chi connectivity index (χ2v) is 2.87. The van der Waals surface area contributed by atoms with Crippen LogP contribution in [-0.2, 0) is 0 Å². The van der Waals surface area contributed by atoms with Crippen molar-refractivity contribution in [2.75, 3.05) is 5.73 Å².